The number of carbonyl (C=O) groups is 3. The highest BCUT2D eigenvalue weighted by Crippen LogP contribution is 2.49. The summed E-state index contributed by atoms with van der Waals surface area (Å²) in [6.45, 7) is 2.25. The molecule has 4 aromatic rings. The van der Waals surface area contributed by atoms with E-state index in [1.54, 1.807) is 53.4 Å². The van der Waals surface area contributed by atoms with Gasteiger partial charge in [-0.15, -0.1) is 0 Å². The van der Waals surface area contributed by atoms with Crippen LogP contribution in [0.25, 0.3) is 0 Å². The van der Waals surface area contributed by atoms with E-state index < -0.39 is 51.7 Å². The molecule has 0 unspecified atom stereocenters. The highest BCUT2D eigenvalue weighted by Gasteiger charge is 2.48. The maximum Gasteiger partial charge on any atom is 0.490 e. The maximum atomic E-state index is 14.7. The van der Waals surface area contributed by atoms with Gasteiger partial charge in [0.25, 0.3) is 21.5 Å². The van der Waals surface area contributed by atoms with E-state index in [0.29, 0.717) is 47.4 Å². The lowest BCUT2D eigenvalue weighted by Crippen LogP contribution is -2.48. The normalized spacial score (nSPS) is 17.4. The summed E-state index contributed by atoms with van der Waals surface area (Å²) < 4.78 is 68.5. The van der Waals surface area contributed by atoms with Gasteiger partial charge in [-0.1, -0.05) is 53.5 Å². The van der Waals surface area contributed by atoms with Crippen molar-refractivity contribution >= 4 is 56.9 Å². The van der Waals surface area contributed by atoms with Crippen molar-refractivity contribution in [3.63, 3.8) is 0 Å². The number of halogens is 5. The van der Waals surface area contributed by atoms with Gasteiger partial charge in [-0.05, 0) is 72.8 Å². The molecular formula is C35H31Cl2F3N4O8S. The minimum atomic E-state index is -5.08. The third-order valence-electron chi connectivity index (χ3n) is 8.65. The van der Waals surface area contributed by atoms with Crippen LogP contribution in [0.15, 0.2) is 94.6 Å². The number of carbonyl (C=O) groups excluding carboxylic acids is 2. The molecule has 2 aliphatic rings. The molecule has 0 saturated carbocycles. The number of ether oxygens (including phenoxy) is 1. The summed E-state index contributed by atoms with van der Waals surface area (Å²) in [6.07, 6.45) is -5.08. The summed E-state index contributed by atoms with van der Waals surface area (Å²) in [6, 6.07) is 20.0. The van der Waals surface area contributed by atoms with Gasteiger partial charge in [-0.25, -0.2) is 22.3 Å². The van der Waals surface area contributed by atoms with Crippen molar-refractivity contribution < 1.29 is 45.8 Å². The topological polar surface area (TPSA) is 147 Å². The standard InChI is InChI=1S/C33H30Cl2N4O6S.C2HF3O2/c1-36-16-18-37(19-17-36)31(40)27-14-15-28-38(32(27)41)29(21-6-10-24(34)11-7-21)30(22-8-12-25(35)13-9-22)39(28)46(43,44)26-5-3-4-23(20-26)33(42)45-2;3-2(4,5)1(6)7/h3-15,20,29-30H,16-19H2,1-2H3;(H,6,7)/t29-,30+;/m0./s1. The first-order valence-electron chi connectivity index (χ1n) is 15.7. The average molecular weight is 796 g/mol. The summed E-state index contributed by atoms with van der Waals surface area (Å²) in [4.78, 5) is 53.0. The number of carboxylic acid groups (broad SMARTS) is 1. The number of alkyl halides is 3. The van der Waals surface area contributed by atoms with Crippen molar-refractivity contribution in [2.45, 2.75) is 23.2 Å². The number of hydrogen-bond acceptors (Lipinski definition) is 8. The van der Waals surface area contributed by atoms with Gasteiger partial charge in [-0.3, -0.25) is 14.2 Å². The number of pyridine rings is 1. The summed E-state index contributed by atoms with van der Waals surface area (Å²) in [5.41, 5.74) is 0.506. The van der Waals surface area contributed by atoms with Crippen molar-refractivity contribution in [2.75, 3.05) is 44.6 Å². The molecule has 1 amide bonds. The van der Waals surface area contributed by atoms with Crippen LogP contribution in [0.2, 0.25) is 10.0 Å². The largest absolute Gasteiger partial charge is 0.490 e. The van der Waals surface area contributed by atoms with Crippen LogP contribution in [0.4, 0.5) is 19.0 Å². The van der Waals surface area contributed by atoms with Crippen LogP contribution in [-0.2, 0) is 19.6 Å². The fourth-order valence-electron chi connectivity index (χ4n) is 6.00. The van der Waals surface area contributed by atoms with Gasteiger partial charge in [0, 0.05) is 36.2 Å². The third kappa shape index (κ3) is 8.20. The van der Waals surface area contributed by atoms with Crippen molar-refractivity contribution in [1.29, 1.82) is 0 Å². The molecule has 0 bridgehead atoms. The molecule has 0 spiro atoms. The Labute approximate surface area is 311 Å². The van der Waals surface area contributed by atoms with Crippen LogP contribution in [-0.4, -0.2) is 92.2 Å². The molecule has 1 aromatic heterocycles. The predicted octanol–water partition coefficient (Wildman–Crippen LogP) is 5.50. The van der Waals surface area contributed by atoms with Gasteiger partial charge in [0.2, 0.25) is 0 Å². The molecule has 1 N–H and O–H groups in total. The Morgan fingerprint density at radius 2 is 1.36 bits per heavy atom. The number of benzene rings is 3. The van der Waals surface area contributed by atoms with Gasteiger partial charge >= 0.3 is 18.1 Å². The van der Waals surface area contributed by atoms with Gasteiger partial charge < -0.3 is 19.6 Å². The number of fused-ring (bicyclic) bond motifs is 1. The molecule has 3 aromatic carbocycles. The zero-order chi connectivity index (χ0) is 38.8. The number of aliphatic carboxylic acids is 1. The van der Waals surface area contributed by atoms with Crippen LogP contribution >= 0.6 is 23.2 Å². The number of sulfonamides is 1. The number of carboxylic acids is 1. The number of amides is 1. The smallest absolute Gasteiger partial charge is 0.475 e. The molecule has 0 radical (unpaired) electrons. The van der Waals surface area contributed by atoms with Gasteiger partial charge in [0.15, 0.2) is 0 Å². The minimum absolute atomic E-state index is 0.0468. The van der Waals surface area contributed by atoms with Crippen LogP contribution in [0.5, 0.6) is 0 Å². The van der Waals surface area contributed by atoms with Crippen molar-refractivity contribution in [1.82, 2.24) is 14.4 Å². The van der Waals surface area contributed by atoms with Crippen molar-refractivity contribution in [2.24, 2.45) is 0 Å². The molecule has 3 heterocycles. The lowest BCUT2D eigenvalue weighted by molar-refractivity contribution is -0.192. The zero-order valence-electron chi connectivity index (χ0n) is 28.0. The molecule has 53 heavy (non-hydrogen) atoms. The SMILES string of the molecule is COC(=O)c1cccc(S(=O)(=O)N2c3ccc(C(=O)N4CCN(C)CC4)c(=O)n3[C@@H](c3ccc(Cl)cc3)[C@H]2c2ccc(Cl)cc2)c1.O=C(O)C(F)(F)F. The number of rotatable bonds is 6. The Morgan fingerprint density at radius 3 is 1.87 bits per heavy atom. The number of hydrogen-bond donors (Lipinski definition) is 1. The van der Waals surface area contributed by atoms with Crippen molar-refractivity contribution in [3.8, 4) is 0 Å². The number of piperazine rings is 1. The molecule has 2 aliphatic heterocycles. The van der Waals surface area contributed by atoms with E-state index in [1.807, 2.05) is 7.05 Å². The quantitative estimate of drug-likeness (QED) is 0.250. The molecule has 0 aliphatic carbocycles. The highest BCUT2D eigenvalue weighted by atomic mass is 35.5. The van der Waals surface area contributed by atoms with Gasteiger partial charge in [0.1, 0.15) is 11.4 Å². The third-order valence-corrected chi connectivity index (χ3v) is 10.9. The number of methoxy groups -OCH3 is 1. The second-order valence-corrected chi connectivity index (χ2v) is 14.7. The van der Waals surface area contributed by atoms with E-state index in [0.717, 1.165) is 0 Å². The summed E-state index contributed by atoms with van der Waals surface area (Å²) >= 11 is 12.5. The fraction of sp³-hybridized carbons (Fsp3) is 0.257. The first kappa shape index (κ1) is 39.3. The van der Waals surface area contributed by atoms with E-state index in [-0.39, 0.29) is 21.8 Å². The Hall–Kier alpha value is -4.90. The monoisotopic (exact) mass is 794 g/mol. The summed E-state index contributed by atoms with van der Waals surface area (Å²) in [5.74, 6) is -3.82. The van der Waals surface area contributed by atoms with Crippen LogP contribution < -0.4 is 9.86 Å². The van der Waals surface area contributed by atoms with Gasteiger partial charge in [-0.2, -0.15) is 13.2 Å². The number of esters is 1. The minimum Gasteiger partial charge on any atom is -0.475 e. The average Bonchev–Trinajstić information content (AvgIpc) is 3.49. The Bertz CT molecular complexity index is 2190. The maximum absolute atomic E-state index is 14.7. The molecule has 6 rings (SSSR count). The molecule has 18 heteroatoms. The van der Waals surface area contributed by atoms with E-state index >= 15 is 0 Å². The van der Waals surface area contributed by atoms with E-state index in [1.165, 1.54) is 52.4 Å². The lowest BCUT2D eigenvalue weighted by Gasteiger charge is -2.32. The molecule has 1 fully saturated rings. The molecule has 12 nitrogen and oxygen atoms in total. The first-order chi connectivity index (χ1) is 24.9. The Kier molecular flexibility index (Phi) is 11.6. The first-order valence-corrected chi connectivity index (χ1v) is 17.9. The second-order valence-electron chi connectivity index (χ2n) is 12.0. The molecule has 1 saturated heterocycles. The zero-order valence-corrected chi connectivity index (χ0v) is 30.3. The number of nitrogens with zero attached hydrogens (tertiary/aromatic N) is 4. The Morgan fingerprint density at radius 1 is 0.830 bits per heavy atom. The summed E-state index contributed by atoms with van der Waals surface area (Å²) in [5, 5.41) is 8.03. The number of anilines is 1. The van der Waals surface area contributed by atoms with Crippen LogP contribution in [0.1, 0.15) is 43.9 Å². The second kappa shape index (κ2) is 15.6. The Balaban J connectivity index is 0.000000705. The molecule has 2 atom stereocenters. The van der Waals surface area contributed by atoms with Crippen LogP contribution in [0.3, 0.4) is 0 Å². The number of likely N-dealkylation sites (N-methyl/N-ethyl adjacent to an activating group) is 1. The molecular weight excluding hydrogens is 764 g/mol. The van der Waals surface area contributed by atoms with E-state index in [2.05, 4.69) is 4.90 Å². The lowest BCUT2D eigenvalue weighted by atomic mass is 9.94. The number of aromatic nitrogens is 1. The van der Waals surface area contributed by atoms with Gasteiger partial charge in [0.05, 0.1) is 29.7 Å². The molecule has 280 valence electrons. The summed E-state index contributed by atoms with van der Waals surface area (Å²) in [7, 11) is -1.27. The van der Waals surface area contributed by atoms with E-state index in [9.17, 15) is 36.0 Å². The fourth-order valence-corrected chi connectivity index (χ4v) is 7.94. The highest BCUT2D eigenvalue weighted by molar-refractivity contribution is 7.92. The van der Waals surface area contributed by atoms with E-state index in [4.69, 9.17) is 37.8 Å². The van der Waals surface area contributed by atoms with Crippen LogP contribution in [0, 0.1) is 0 Å². The predicted molar refractivity (Wildman–Crippen MR) is 189 cm³/mol. The van der Waals surface area contributed by atoms with Crippen molar-refractivity contribution in [3.05, 3.63) is 128 Å².